The van der Waals surface area contributed by atoms with Gasteiger partial charge in [-0.15, -0.1) is 0 Å². The summed E-state index contributed by atoms with van der Waals surface area (Å²) in [7, 11) is -8.92. The van der Waals surface area contributed by atoms with Crippen LogP contribution in [0.3, 0.4) is 0 Å². The fourth-order valence-electron chi connectivity index (χ4n) is 3.74. The SMILES string of the molecule is CCCON(Oc1cc(C)cc(OS(=O)(=O)c2ccccc2S(=O)(=O)N2CCN(C(=O)OCC)CC2)c1)C(=N)N. The third-order valence-corrected chi connectivity index (χ3v) is 8.92. The van der Waals surface area contributed by atoms with Gasteiger partial charge in [0.25, 0.3) is 5.96 Å². The molecule has 1 fully saturated rings. The molecule has 0 unspecified atom stereocenters. The van der Waals surface area contributed by atoms with Crippen LogP contribution < -0.4 is 14.8 Å². The van der Waals surface area contributed by atoms with Gasteiger partial charge in [-0.2, -0.15) is 12.7 Å². The van der Waals surface area contributed by atoms with Crippen molar-refractivity contribution < 1.29 is 40.2 Å². The van der Waals surface area contributed by atoms with Crippen LogP contribution in [0.2, 0.25) is 0 Å². The number of hydrogen-bond donors (Lipinski definition) is 2. The van der Waals surface area contributed by atoms with Crippen LogP contribution >= 0.6 is 0 Å². The number of rotatable bonds is 11. The number of hydroxylamine groups is 2. The molecule has 0 bridgehead atoms. The zero-order chi connectivity index (χ0) is 29.5. The summed E-state index contributed by atoms with van der Waals surface area (Å²) < 4.78 is 65.1. The van der Waals surface area contributed by atoms with Crippen molar-refractivity contribution in [2.75, 3.05) is 39.4 Å². The van der Waals surface area contributed by atoms with Gasteiger partial charge in [0.05, 0.1) is 13.2 Å². The summed E-state index contributed by atoms with van der Waals surface area (Å²) in [5.41, 5.74) is 6.02. The third-order valence-electron chi connectivity index (χ3n) is 5.53. The van der Waals surface area contributed by atoms with Gasteiger partial charge in [-0.25, -0.2) is 18.0 Å². The molecule has 2 aromatic rings. The van der Waals surface area contributed by atoms with Crippen LogP contribution in [-0.2, 0) is 29.7 Å². The van der Waals surface area contributed by atoms with Gasteiger partial charge in [0.15, 0.2) is 5.75 Å². The van der Waals surface area contributed by atoms with E-state index in [1.54, 1.807) is 19.9 Å². The number of aryl methyl sites for hydroxylation is 1. The minimum Gasteiger partial charge on any atom is -0.450 e. The van der Waals surface area contributed by atoms with Gasteiger partial charge < -0.3 is 24.4 Å². The van der Waals surface area contributed by atoms with Crippen LogP contribution in [0.5, 0.6) is 11.5 Å². The molecular weight excluding hydrogens is 566 g/mol. The van der Waals surface area contributed by atoms with Crippen LogP contribution in [0, 0.1) is 12.3 Å². The molecule has 220 valence electrons. The zero-order valence-electron chi connectivity index (χ0n) is 22.4. The Balaban J connectivity index is 1.85. The second-order valence-electron chi connectivity index (χ2n) is 8.62. The molecule has 3 N–H and O–H groups in total. The molecule has 2 aromatic carbocycles. The first-order valence-corrected chi connectivity index (χ1v) is 15.3. The van der Waals surface area contributed by atoms with E-state index in [-0.39, 0.29) is 50.9 Å². The van der Waals surface area contributed by atoms with Crippen LogP contribution in [0.4, 0.5) is 4.79 Å². The first kappa shape index (κ1) is 30.9. The number of ether oxygens (including phenoxy) is 1. The van der Waals surface area contributed by atoms with Crippen LogP contribution in [0.15, 0.2) is 52.3 Å². The molecule has 1 aliphatic heterocycles. The maximum absolute atomic E-state index is 13.5. The van der Waals surface area contributed by atoms with Crippen molar-refractivity contribution in [3.63, 3.8) is 0 Å². The lowest BCUT2D eigenvalue weighted by molar-refractivity contribution is -0.263. The van der Waals surface area contributed by atoms with E-state index in [1.165, 1.54) is 35.2 Å². The van der Waals surface area contributed by atoms with Gasteiger partial charge in [-0.1, -0.05) is 19.1 Å². The van der Waals surface area contributed by atoms with Crippen molar-refractivity contribution in [2.24, 2.45) is 5.73 Å². The number of carbonyl (C=O) groups is 1. The van der Waals surface area contributed by atoms with Crippen molar-refractivity contribution in [3.8, 4) is 11.5 Å². The fraction of sp³-hybridized carbons (Fsp3) is 0.417. The van der Waals surface area contributed by atoms with Crippen LogP contribution in [-0.4, -0.2) is 82.7 Å². The van der Waals surface area contributed by atoms with Crippen molar-refractivity contribution in [3.05, 3.63) is 48.0 Å². The van der Waals surface area contributed by atoms with Gasteiger partial charge >= 0.3 is 16.2 Å². The summed E-state index contributed by atoms with van der Waals surface area (Å²) in [6.45, 7) is 5.69. The van der Waals surface area contributed by atoms with Gasteiger partial charge in [-0.05, 0) is 55.3 Å². The summed E-state index contributed by atoms with van der Waals surface area (Å²) in [4.78, 5) is 23.1. The highest BCUT2D eigenvalue weighted by Gasteiger charge is 2.35. The Bertz CT molecular complexity index is 1430. The smallest absolute Gasteiger partial charge is 0.409 e. The van der Waals surface area contributed by atoms with Gasteiger partial charge in [0, 0.05) is 32.2 Å². The Morgan fingerprint density at radius 1 is 1.00 bits per heavy atom. The molecule has 0 aliphatic carbocycles. The quantitative estimate of drug-likeness (QED) is 0.167. The fourth-order valence-corrected chi connectivity index (χ4v) is 6.85. The number of nitrogens with one attached hydrogen (secondary N) is 1. The number of amides is 1. The van der Waals surface area contributed by atoms with E-state index in [0.717, 1.165) is 10.4 Å². The van der Waals surface area contributed by atoms with Crippen molar-refractivity contribution in [2.45, 2.75) is 37.0 Å². The summed E-state index contributed by atoms with van der Waals surface area (Å²) >= 11 is 0. The lowest BCUT2D eigenvalue weighted by Crippen LogP contribution is -2.50. The highest BCUT2D eigenvalue weighted by molar-refractivity contribution is 7.91. The number of piperazine rings is 1. The second kappa shape index (κ2) is 13.2. The van der Waals surface area contributed by atoms with E-state index in [4.69, 9.17) is 29.7 Å². The predicted molar refractivity (Wildman–Crippen MR) is 143 cm³/mol. The average molecular weight is 600 g/mol. The maximum Gasteiger partial charge on any atom is 0.409 e. The molecule has 16 heteroatoms. The van der Waals surface area contributed by atoms with E-state index in [1.807, 2.05) is 6.92 Å². The summed E-state index contributed by atoms with van der Waals surface area (Å²) in [6, 6.07) is 9.31. The van der Waals surface area contributed by atoms with E-state index in [9.17, 15) is 21.6 Å². The van der Waals surface area contributed by atoms with Crippen molar-refractivity contribution >= 4 is 32.2 Å². The lowest BCUT2D eigenvalue weighted by atomic mass is 10.2. The molecule has 0 aromatic heterocycles. The molecule has 14 nitrogen and oxygen atoms in total. The predicted octanol–water partition coefficient (Wildman–Crippen LogP) is 2.06. The zero-order valence-corrected chi connectivity index (χ0v) is 24.0. The molecule has 1 aliphatic rings. The van der Waals surface area contributed by atoms with Crippen LogP contribution in [0.1, 0.15) is 25.8 Å². The monoisotopic (exact) mass is 599 g/mol. The van der Waals surface area contributed by atoms with Crippen molar-refractivity contribution in [1.29, 1.82) is 5.41 Å². The highest BCUT2D eigenvalue weighted by Crippen LogP contribution is 2.30. The molecule has 1 saturated heterocycles. The Morgan fingerprint density at radius 2 is 1.62 bits per heavy atom. The molecule has 0 saturated carbocycles. The highest BCUT2D eigenvalue weighted by atomic mass is 32.2. The molecule has 3 rings (SSSR count). The number of guanidine groups is 1. The Hall–Kier alpha value is -3.60. The first-order valence-electron chi connectivity index (χ1n) is 12.4. The second-order valence-corrected chi connectivity index (χ2v) is 12.0. The van der Waals surface area contributed by atoms with Gasteiger partial charge in [0.2, 0.25) is 10.0 Å². The summed E-state index contributed by atoms with van der Waals surface area (Å²) in [5, 5.41) is 8.28. The molecule has 0 atom stereocenters. The van der Waals surface area contributed by atoms with Gasteiger partial charge in [0.1, 0.15) is 15.5 Å². The summed E-state index contributed by atoms with van der Waals surface area (Å²) in [5.74, 6) is -0.631. The number of carbonyl (C=O) groups excluding carboxylic acids is 1. The van der Waals surface area contributed by atoms with E-state index < -0.39 is 42.0 Å². The van der Waals surface area contributed by atoms with E-state index in [2.05, 4.69) is 0 Å². The number of sulfonamides is 1. The molecule has 40 heavy (non-hydrogen) atoms. The topological polar surface area (TPSA) is 182 Å². The molecular formula is C24H33N5O9S2. The number of hydrogen-bond acceptors (Lipinski definition) is 10. The molecule has 0 spiro atoms. The van der Waals surface area contributed by atoms with Crippen LogP contribution in [0.25, 0.3) is 0 Å². The molecule has 1 heterocycles. The molecule has 1 amide bonds. The minimum atomic E-state index is -4.65. The Morgan fingerprint density at radius 3 is 2.23 bits per heavy atom. The first-order chi connectivity index (χ1) is 18.9. The largest absolute Gasteiger partial charge is 0.450 e. The summed E-state index contributed by atoms with van der Waals surface area (Å²) in [6.07, 6.45) is 0.0810. The maximum atomic E-state index is 13.5. The normalized spacial score (nSPS) is 14.4. The average Bonchev–Trinajstić information content (AvgIpc) is 2.90. The lowest BCUT2D eigenvalue weighted by Gasteiger charge is -2.33. The molecule has 0 radical (unpaired) electrons. The van der Waals surface area contributed by atoms with Crippen molar-refractivity contribution in [1.82, 2.24) is 14.4 Å². The van der Waals surface area contributed by atoms with E-state index in [0.29, 0.717) is 17.2 Å². The third kappa shape index (κ3) is 7.53. The van der Waals surface area contributed by atoms with Gasteiger partial charge in [-0.3, -0.25) is 5.41 Å². The van der Waals surface area contributed by atoms with E-state index >= 15 is 0 Å². The number of nitrogens with zero attached hydrogens (tertiary/aromatic N) is 3. The Kier molecular flexibility index (Phi) is 10.2. The standard InChI is InChI=1S/C24H33N5O9S2/c1-4-14-36-29(23(25)26)37-19-15-18(3)16-20(17-19)38-40(33,34)22-9-7-6-8-21(22)39(31,32)28-12-10-27(11-13-28)24(30)35-5-2/h6-9,15-17H,4-5,10-14H2,1-3H3,(H3,25,26). The Labute approximate surface area is 233 Å². The minimum absolute atomic E-state index is 0.0400. The number of benzene rings is 2. The number of nitrogens with two attached hydrogens (primary N) is 1.